The molecule has 2 N–H and O–H groups in total. The highest BCUT2D eigenvalue weighted by molar-refractivity contribution is 5.78. The minimum Gasteiger partial charge on any atom is -0.493 e. The first-order valence-corrected chi connectivity index (χ1v) is 10.2. The number of nitrogens with two attached hydrogens (primary N) is 1. The van der Waals surface area contributed by atoms with Crippen molar-refractivity contribution in [2.75, 3.05) is 26.8 Å². The minimum absolute atomic E-state index is 0.0198. The van der Waals surface area contributed by atoms with Crippen LogP contribution in [-0.4, -0.2) is 49.8 Å². The van der Waals surface area contributed by atoms with Gasteiger partial charge in [0.05, 0.1) is 12.7 Å². The van der Waals surface area contributed by atoms with Crippen molar-refractivity contribution in [3.63, 3.8) is 0 Å². The maximum absolute atomic E-state index is 12.7. The van der Waals surface area contributed by atoms with Crippen LogP contribution in [0.1, 0.15) is 50.2 Å². The molecule has 2 rings (SSSR count). The van der Waals surface area contributed by atoms with Crippen molar-refractivity contribution in [2.24, 2.45) is 11.7 Å². The van der Waals surface area contributed by atoms with Gasteiger partial charge in [0.25, 0.3) is 0 Å². The molecule has 0 aliphatic heterocycles. The van der Waals surface area contributed by atoms with Crippen molar-refractivity contribution < 1.29 is 14.3 Å². The van der Waals surface area contributed by atoms with Crippen LogP contribution in [0.3, 0.4) is 0 Å². The molecule has 152 valence electrons. The van der Waals surface area contributed by atoms with E-state index in [-0.39, 0.29) is 24.0 Å². The molecule has 0 heterocycles. The third-order valence-electron chi connectivity index (χ3n) is 5.33. The zero-order valence-corrected chi connectivity index (χ0v) is 17.4. The van der Waals surface area contributed by atoms with Crippen molar-refractivity contribution in [3.05, 3.63) is 29.3 Å². The van der Waals surface area contributed by atoms with Crippen molar-refractivity contribution in [3.8, 4) is 5.75 Å². The number of nitrogens with zero attached hydrogens (tertiary/aromatic N) is 1. The SMILES string of the molecule is CCCO[C@@H]1CC[C@H](C(=O)N(C)CCCOc2cc(C)ccc2C)C[C@H]1N. The van der Waals surface area contributed by atoms with Crippen molar-refractivity contribution in [1.29, 1.82) is 0 Å². The van der Waals surface area contributed by atoms with Crippen molar-refractivity contribution in [2.45, 2.75) is 65.0 Å². The van der Waals surface area contributed by atoms with Crippen LogP contribution in [0.4, 0.5) is 0 Å². The van der Waals surface area contributed by atoms with Crippen LogP contribution in [-0.2, 0) is 9.53 Å². The molecule has 1 fully saturated rings. The fourth-order valence-electron chi connectivity index (χ4n) is 3.65. The number of aryl methyl sites for hydroxylation is 2. The van der Waals surface area contributed by atoms with Gasteiger partial charge in [0.2, 0.25) is 5.91 Å². The number of ether oxygens (including phenoxy) is 2. The molecule has 1 aromatic carbocycles. The number of carbonyl (C=O) groups excluding carboxylic acids is 1. The van der Waals surface area contributed by atoms with Gasteiger partial charge in [0.15, 0.2) is 0 Å². The van der Waals surface area contributed by atoms with E-state index >= 15 is 0 Å². The molecular formula is C22H36N2O3. The van der Waals surface area contributed by atoms with Gasteiger partial charge in [-0.1, -0.05) is 19.1 Å². The Hall–Kier alpha value is -1.59. The lowest BCUT2D eigenvalue weighted by molar-refractivity contribution is -0.136. The maximum Gasteiger partial charge on any atom is 0.225 e. The molecule has 1 aliphatic carbocycles. The molecule has 0 bridgehead atoms. The highest BCUT2D eigenvalue weighted by Gasteiger charge is 2.33. The largest absolute Gasteiger partial charge is 0.493 e. The molecule has 1 aliphatic rings. The van der Waals surface area contributed by atoms with E-state index < -0.39 is 0 Å². The number of amides is 1. The van der Waals surface area contributed by atoms with Crippen LogP contribution < -0.4 is 10.5 Å². The maximum atomic E-state index is 12.7. The molecular weight excluding hydrogens is 340 g/mol. The van der Waals surface area contributed by atoms with E-state index in [1.165, 1.54) is 5.56 Å². The van der Waals surface area contributed by atoms with Gasteiger partial charge in [-0.3, -0.25) is 4.79 Å². The summed E-state index contributed by atoms with van der Waals surface area (Å²) in [7, 11) is 1.88. The van der Waals surface area contributed by atoms with Gasteiger partial charge in [0, 0.05) is 32.2 Å². The van der Waals surface area contributed by atoms with Crippen LogP contribution in [0, 0.1) is 19.8 Å². The number of hydrogen-bond donors (Lipinski definition) is 1. The standard InChI is InChI=1S/C22H36N2O3/c1-5-12-26-20-10-9-18(15-19(20)23)22(25)24(4)11-6-13-27-21-14-16(2)7-8-17(21)3/h7-8,14,18-20H,5-6,9-13,15,23H2,1-4H3/t18-,19+,20+/m0/s1. The normalized spacial score (nSPS) is 22.5. The highest BCUT2D eigenvalue weighted by Crippen LogP contribution is 2.27. The van der Waals surface area contributed by atoms with Crippen LogP contribution >= 0.6 is 0 Å². The zero-order valence-electron chi connectivity index (χ0n) is 17.4. The van der Waals surface area contributed by atoms with E-state index in [1.807, 2.05) is 18.9 Å². The molecule has 0 spiro atoms. The molecule has 1 saturated carbocycles. The van der Waals surface area contributed by atoms with Crippen LogP contribution in [0.2, 0.25) is 0 Å². The molecule has 3 atom stereocenters. The molecule has 1 amide bonds. The summed E-state index contributed by atoms with van der Waals surface area (Å²) in [6.45, 7) is 8.26. The smallest absolute Gasteiger partial charge is 0.225 e. The molecule has 27 heavy (non-hydrogen) atoms. The molecule has 5 nitrogen and oxygen atoms in total. The second-order valence-corrected chi connectivity index (χ2v) is 7.81. The fraction of sp³-hybridized carbons (Fsp3) is 0.682. The molecule has 5 heteroatoms. The minimum atomic E-state index is -0.0414. The predicted octanol–water partition coefficient (Wildman–Crippen LogP) is 3.45. The Morgan fingerprint density at radius 2 is 2.04 bits per heavy atom. The van der Waals surface area contributed by atoms with Gasteiger partial charge < -0.3 is 20.1 Å². The summed E-state index contributed by atoms with van der Waals surface area (Å²) in [6, 6.07) is 6.18. The Morgan fingerprint density at radius 3 is 2.74 bits per heavy atom. The average Bonchev–Trinajstić information content (AvgIpc) is 2.66. The molecule has 0 unspecified atom stereocenters. The van der Waals surface area contributed by atoms with E-state index in [2.05, 4.69) is 32.0 Å². The fourth-order valence-corrected chi connectivity index (χ4v) is 3.65. The lowest BCUT2D eigenvalue weighted by atomic mass is 9.83. The lowest BCUT2D eigenvalue weighted by Crippen LogP contribution is -2.46. The Labute approximate surface area is 164 Å². The summed E-state index contributed by atoms with van der Waals surface area (Å²) < 4.78 is 11.7. The Bertz CT molecular complexity index is 605. The topological polar surface area (TPSA) is 64.8 Å². The molecule has 0 saturated heterocycles. The first-order chi connectivity index (χ1) is 12.9. The summed E-state index contributed by atoms with van der Waals surface area (Å²) in [4.78, 5) is 14.5. The Kier molecular flexibility index (Phi) is 8.58. The molecule has 0 radical (unpaired) electrons. The summed E-state index contributed by atoms with van der Waals surface area (Å²) >= 11 is 0. The van der Waals surface area contributed by atoms with E-state index in [0.717, 1.165) is 50.0 Å². The quantitative estimate of drug-likeness (QED) is 0.671. The van der Waals surface area contributed by atoms with Crippen LogP contribution in [0.5, 0.6) is 5.75 Å². The summed E-state index contributed by atoms with van der Waals surface area (Å²) in [5.41, 5.74) is 8.58. The van der Waals surface area contributed by atoms with Crippen molar-refractivity contribution >= 4 is 5.91 Å². The van der Waals surface area contributed by atoms with Gasteiger partial charge in [-0.05, 0) is 63.1 Å². The first-order valence-electron chi connectivity index (χ1n) is 10.2. The van der Waals surface area contributed by atoms with E-state index in [1.54, 1.807) is 0 Å². The summed E-state index contributed by atoms with van der Waals surface area (Å²) in [6.07, 6.45) is 4.38. The lowest BCUT2D eigenvalue weighted by Gasteiger charge is -2.34. The van der Waals surface area contributed by atoms with Gasteiger partial charge in [-0.25, -0.2) is 0 Å². The Balaban J connectivity index is 1.72. The number of benzene rings is 1. The monoisotopic (exact) mass is 376 g/mol. The molecule has 0 aromatic heterocycles. The number of hydrogen-bond acceptors (Lipinski definition) is 4. The van der Waals surface area contributed by atoms with Gasteiger partial charge >= 0.3 is 0 Å². The van der Waals surface area contributed by atoms with Gasteiger partial charge in [-0.2, -0.15) is 0 Å². The summed E-state index contributed by atoms with van der Waals surface area (Å²) in [5, 5.41) is 0. The van der Waals surface area contributed by atoms with E-state index in [4.69, 9.17) is 15.2 Å². The van der Waals surface area contributed by atoms with Gasteiger partial charge in [-0.15, -0.1) is 0 Å². The van der Waals surface area contributed by atoms with Crippen LogP contribution in [0.15, 0.2) is 18.2 Å². The molecule has 1 aromatic rings. The second-order valence-electron chi connectivity index (χ2n) is 7.81. The third kappa shape index (κ3) is 6.51. The first kappa shape index (κ1) is 21.7. The highest BCUT2D eigenvalue weighted by atomic mass is 16.5. The van der Waals surface area contributed by atoms with Crippen molar-refractivity contribution in [1.82, 2.24) is 4.90 Å². The van der Waals surface area contributed by atoms with E-state index in [0.29, 0.717) is 13.2 Å². The summed E-state index contributed by atoms with van der Waals surface area (Å²) in [5.74, 6) is 1.15. The second kappa shape index (κ2) is 10.7. The van der Waals surface area contributed by atoms with Gasteiger partial charge in [0.1, 0.15) is 5.75 Å². The Morgan fingerprint density at radius 1 is 1.26 bits per heavy atom. The number of rotatable bonds is 9. The average molecular weight is 377 g/mol. The zero-order chi connectivity index (χ0) is 19.8. The third-order valence-corrected chi connectivity index (χ3v) is 5.33. The van der Waals surface area contributed by atoms with Crippen LogP contribution in [0.25, 0.3) is 0 Å². The predicted molar refractivity (Wildman–Crippen MR) is 109 cm³/mol. The van der Waals surface area contributed by atoms with E-state index in [9.17, 15) is 4.79 Å². The number of carbonyl (C=O) groups is 1.